The maximum Gasteiger partial charge on any atom is 0.189 e. The average Bonchev–Trinajstić information content (AvgIpc) is 2.31. The van der Waals surface area contributed by atoms with Crippen molar-refractivity contribution in [2.45, 2.75) is 6.92 Å². The highest BCUT2D eigenvalue weighted by Gasteiger charge is 2.07. The molecule has 0 aliphatic heterocycles. The highest BCUT2D eigenvalue weighted by atomic mass is 35.5. The number of hydrogen-bond acceptors (Lipinski definition) is 3. The number of nitrogens with one attached hydrogen (secondary N) is 1. The Morgan fingerprint density at radius 1 is 1.82 bits per heavy atom. The first kappa shape index (κ1) is 7.96. The van der Waals surface area contributed by atoms with Gasteiger partial charge in [0, 0.05) is 0 Å². The molecule has 0 saturated carbocycles. The molecule has 0 bridgehead atoms. The molecule has 1 heterocycles. The summed E-state index contributed by atoms with van der Waals surface area (Å²) in [4.78, 5) is 0. The van der Waals surface area contributed by atoms with Crippen LogP contribution in [0.2, 0.25) is 5.02 Å². The number of rotatable bonds is 2. The van der Waals surface area contributed by atoms with Gasteiger partial charge in [-0.25, -0.2) is 0 Å². The van der Waals surface area contributed by atoms with Crippen LogP contribution in [-0.2, 0) is 0 Å². The van der Waals surface area contributed by atoms with E-state index in [4.69, 9.17) is 22.5 Å². The molecule has 0 saturated heterocycles. The van der Waals surface area contributed by atoms with Gasteiger partial charge < -0.3 is 9.84 Å². The molecule has 0 spiro atoms. The summed E-state index contributed by atoms with van der Waals surface area (Å²) in [5.74, 6) is 3.49. The van der Waals surface area contributed by atoms with Crippen molar-refractivity contribution in [1.29, 1.82) is 0 Å². The average molecular weight is 171 g/mol. The summed E-state index contributed by atoms with van der Waals surface area (Å²) in [5, 5.41) is 6.94. The minimum atomic E-state index is 0.395. The minimum Gasteiger partial charge on any atom is -0.358 e. The van der Waals surface area contributed by atoms with Crippen molar-refractivity contribution in [3.05, 3.63) is 10.8 Å². The SMILES string of the molecule is C#CCNc1noc(C)c1Cl. The van der Waals surface area contributed by atoms with Gasteiger partial charge in [0.2, 0.25) is 0 Å². The van der Waals surface area contributed by atoms with Crippen molar-refractivity contribution < 1.29 is 4.52 Å². The number of terminal acetylenes is 1. The first-order chi connectivity index (χ1) is 5.25. The van der Waals surface area contributed by atoms with E-state index in [0.29, 0.717) is 23.1 Å². The van der Waals surface area contributed by atoms with E-state index in [1.54, 1.807) is 6.92 Å². The second-order valence-electron chi connectivity index (χ2n) is 1.96. The Hall–Kier alpha value is -1.14. The van der Waals surface area contributed by atoms with Crippen molar-refractivity contribution in [3.8, 4) is 12.3 Å². The van der Waals surface area contributed by atoms with Crippen molar-refractivity contribution >= 4 is 17.4 Å². The van der Waals surface area contributed by atoms with Crippen LogP contribution in [0.1, 0.15) is 5.76 Å². The Balaban J connectivity index is 2.72. The Kier molecular flexibility index (Phi) is 2.40. The van der Waals surface area contributed by atoms with Crippen molar-refractivity contribution in [3.63, 3.8) is 0 Å². The monoisotopic (exact) mass is 170 g/mol. The Morgan fingerprint density at radius 2 is 2.55 bits per heavy atom. The number of aryl methyl sites for hydroxylation is 1. The Morgan fingerprint density at radius 3 is 3.00 bits per heavy atom. The van der Waals surface area contributed by atoms with Crippen LogP contribution in [-0.4, -0.2) is 11.7 Å². The van der Waals surface area contributed by atoms with E-state index in [2.05, 4.69) is 16.4 Å². The molecule has 0 fully saturated rings. The molecule has 0 unspecified atom stereocenters. The first-order valence-corrected chi connectivity index (χ1v) is 3.42. The van der Waals surface area contributed by atoms with Crippen molar-refractivity contribution in [2.75, 3.05) is 11.9 Å². The molecule has 1 N–H and O–H groups in total. The van der Waals surface area contributed by atoms with Crippen LogP contribution >= 0.6 is 11.6 Å². The van der Waals surface area contributed by atoms with Crippen LogP contribution in [0.15, 0.2) is 4.52 Å². The van der Waals surface area contributed by atoms with Gasteiger partial charge in [-0.1, -0.05) is 22.7 Å². The van der Waals surface area contributed by atoms with E-state index < -0.39 is 0 Å². The third kappa shape index (κ3) is 1.66. The van der Waals surface area contributed by atoms with Crippen molar-refractivity contribution in [2.24, 2.45) is 0 Å². The van der Waals surface area contributed by atoms with Crippen LogP contribution in [0.25, 0.3) is 0 Å². The largest absolute Gasteiger partial charge is 0.358 e. The number of nitrogens with zero attached hydrogens (tertiary/aromatic N) is 1. The molecule has 0 atom stereocenters. The quantitative estimate of drug-likeness (QED) is 0.687. The van der Waals surface area contributed by atoms with Gasteiger partial charge in [0.1, 0.15) is 5.02 Å². The number of aromatic nitrogens is 1. The number of halogens is 1. The second kappa shape index (κ2) is 3.31. The molecular formula is C7H7ClN2O. The molecule has 11 heavy (non-hydrogen) atoms. The summed E-state index contributed by atoms with van der Waals surface area (Å²) in [7, 11) is 0. The summed E-state index contributed by atoms with van der Waals surface area (Å²) in [6, 6.07) is 0. The van der Waals surface area contributed by atoms with E-state index in [0.717, 1.165) is 0 Å². The van der Waals surface area contributed by atoms with E-state index in [1.165, 1.54) is 0 Å². The van der Waals surface area contributed by atoms with Gasteiger partial charge in [0.15, 0.2) is 11.6 Å². The molecule has 0 aliphatic rings. The topological polar surface area (TPSA) is 38.1 Å². The molecule has 0 aliphatic carbocycles. The third-order valence-corrected chi connectivity index (χ3v) is 1.59. The lowest BCUT2D eigenvalue weighted by atomic mass is 10.5. The van der Waals surface area contributed by atoms with Gasteiger partial charge in [0.25, 0.3) is 0 Å². The molecule has 4 heteroatoms. The van der Waals surface area contributed by atoms with Gasteiger partial charge in [-0.2, -0.15) is 0 Å². The maximum atomic E-state index is 5.76. The molecule has 1 aromatic rings. The van der Waals surface area contributed by atoms with Gasteiger partial charge in [0.05, 0.1) is 6.54 Å². The van der Waals surface area contributed by atoms with Crippen LogP contribution in [0, 0.1) is 19.3 Å². The van der Waals surface area contributed by atoms with Crippen LogP contribution in [0.3, 0.4) is 0 Å². The van der Waals surface area contributed by atoms with Gasteiger partial charge in [-0.15, -0.1) is 6.42 Å². The van der Waals surface area contributed by atoms with E-state index in [1.807, 2.05) is 0 Å². The molecule has 3 nitrogen and oxygen atoms in total. The Labute approximate surface area is 69.7 Å². The smallest absolute Gasteiger partial charge is 0.189 e. The molecule has 0 radical (unpaired) electrons. The highest BCUT2D eigenvalue weighted by molar-refractivity contribution is 6.33. The molecule has 0 aromatic carbocycles. The standard InChI is InChI=1S/C7H7ClN2O/c1-3-4-9-7-6(8)5(2)11-10-7/h1H,4H2,2H3,(H,9,10). The normalized spacial score (nSPS) is 9.18. The summed E-state index contributed by atoms with van der Waals surface area (Å²) >= 11 is 5.76. The lowest BCUT2D eigenvalue weighted by molar-refractivity contribution is 0.400. The van der Waals surface area contributed by atoms with Gasteiger partial charge in [-0.05, 0) is 6.92 Å². The zero-order valence-electron chi connectivity index (χ0n) is 6.02. The fraction of sp³-hybridized carbons (Fsp3) is 0.286. The van der Waals surface area contributed by atoms with Crippen LogP contribution < -0.4 is 5.32 Å². The second-order valence-corrected chi connectivity index (χ2v) is 2.34. The summed E-state index contributed by atoms with van der Waals surface area (Å²) in [5.41, 5.74) is 0. The summed E-state index contributed by atoms with van der Waals surface area (Å²) < 4.78 is 4.78. The molecule has 58 valence electrons. The molecule has 0 amide bonds. The van der Waals surface area contributed by atoms with Gasteiger partial charge in [-0.3, -0.25) is 0 Å². The Bertz CT molecular complexity index is 287. The summed E-state index contributed by atoms with van der Waals surface area (Å²) in [6.45, 7) is 2.13. The maximum absolute atomic E-state index is 5.76. The minimum absolute atomic E-state index is 0.395. The van der Waals surface area contributed by atoms with E-state index in [-0.39, 0.29) is 0 Å². The fourth-order valence-electron chi connectivity index (χ4n) is 0.606. The predicted molar refractivity (Wildman–Crippen MR) is 43.6 cm³/mol. The zero-order chi connectivity index (χ0) is 8.27. The predicted octanol–water partition coefficient (Wildman–Crippen LogP) is 1.68. The number of hydrogen-bond donors (Lipinski definition) is 1. The lowest BCUT2D eigenvalue weighted by Crippen LogP contribution is -1.98. The lowest BCUT2D eigenvalue weighted by Gasteiger charge is -1.93. The summed E-state index contributed by atoms with van der Waals surface area (Å²) in [6.07, 6.45) is 5.02. The van der Waals surface area contributed by atoms with Crippen LogP contribution in [0.5, 0.6) is 0 Å². The molecule has 1 rings (SSSR count). The van der Waals surface area contributed by atoms with E-state index in [9.17, 15) is 0 Å². The third-order valence-electron chi connectivity index (χ3n) is 1.15. The number of anilines is 1. The molecular weight excluding hydrogens is 164 g/mol. The zero-order valence-corrected chi connectivity index (χ0v) is 6.77. The van der Waals surface area contributed by atoms with Crippen molar-refractivity contribution in [1.82, 2.24) is 5.16 Å². The first-order valence-electron chi connectivity index (χ1n) is 3.05. The van der Waals surface area contributed by atoms with E-state index >= 15 is 0 Å². The highest BCUT2D eigenvalue weighted by Crippen LogP contribution is 2.23. The van der Waals surface area contributed by atoms with Crippen LogP contribution in [0.4, 0.5) is 5.82 Å². The molecule has 1 aromatic heterocycles. The van der Waals surface area contributed by atoms with Gasteiger partial charge >= 0.3 is 0 Å². The fourth-order valence-corrected chi connectivity index (χ4v) is 0.741.